The van der Waals surface area contributed by atoms with E-state index < -0.39 is 12.0 Å². The predicted molar refractivity (Wildman–Crippen MR) is 66.7 cm³/mol. The number of benzene rings is 1. The van der Waals surface area contributed by atoms with E-state index in [1.807, 2.05) is 0 Å². The molecule has 0 saturated carbocycles. The summed E-state index contributed by atoms with van der Waals surface area (Å²) in [5, 5.41) is 12.2. The zero-order valence-corrected chi connectivity index (χ0v) is 10.4. The van der Waals surface area contributed by atoms with Gasteiger partial charge in [0, 0.05) is 5.02 Å². The first-order chi connectivity index (χ1) is 8.09. The molecule has 94 valence electrons. The number of carboxylic acid groups (broad SMARTS) is 1. The Kier molecular flexibility index (Phi) is 5.80. The second-order valence-electron chi connectivity index (χ2n) is 3.67. The Morgan fingerprint density at radius 1 is 1.47 bits per heavy atom. The molecule has 0 fully saturated rings. The lowest BCUT2D eigenvalue weighted by atomic mass is 10.3. The maximum absolute atomic E-state index is 10.5. The Bertz CT molecular complexity index is 353. The lowest BCUT2D eigenvalue weighted by Crippen LogP contribution is -2.34. The van der Waals surface area contributed by atoms with E-state index in [0.29, 0.717) is 18.2 Å². The number of rotatable bonds is 7. The molecule has 2 N–H and O–H groups in total. The van der Waals surface area contributed by atoms with E-state index in [2.05, 4.69) is 5.32 Å². The Labute approximate surface area is 106 Å². The molecule has 1 aromatic carbocycles. The molecule has 0 bridgehead atoms. The van der Waals surface area contributed by atoms with Crippen molar-refractivity contribution in [3.8, 4) is 5.75 Å². The molecule has 1 unspecified atom stereocenters. The van der Waals surface area contributed by atoms with Gasteiger partial charge in [-0.15, -0.1) is 0 Å². The van der Waals surface area contributed by atoms with E-state index in [-0.39, 0.29) is 0 Å². The minimum atomic E-state index is -0.844. The molecule has 0 aromatic heterocycles. The number of nitrogens with one attached hydrogen (secondary N) is 1. The van der Waals surface area contributed by atoms with Crippen LogP contribution in [0.1, 0.15) is 13.3 Å². The SMILES string of the molecule is CC(NCCCOc1ccc(Cl)cc1)C(=O)O. The number of hydrogen-bond acceptors (Lipinski definition) is 3. The lowest BCUT2D eigenvalue weighted by Gasteiger charge is -2.09. The zero-order chi connectivity index (χ0) is 12.7. The topological polar surface area (TPSA) is 58.6 Å². The van der Waals surface area contributed by atoms with Crippen molar-refractivity contribution in [3.63, 3.8) is 0 Å². The van der Waals surface area contributed by atoms with E-state index in [1.54, 1.807) is 31.2 Å². The monoisotopic (exact) mass is 257 g/mol. The molecule has 0 heterocycles. The van der Waals surface area contributed by atoms with Gasteiger partial charge in [-0.05, 0) is 44.2 Å². The highest BCUT2D eigenvalue weighted by Gasteiger charge is 2.08. The third kappa shape index (κ3) is 5.56. The van der Waals surface area contributed by atoms with Crippen LogP contribution in [0, 0.1) is 0 Å². The molecule has 0 amide bonds. The van der Waals surface area contributed by atoms with Gasteiger partial charge in [0.25, 0.3) is 0 Å². The van der Waals surface area contributed by atoms with Gasteiger partial charge in [0.2, 0.25) is 0 Å². The Hall–Kier alpha value is -1.26. The highest BCUT2D eigenvalue weighted by Crippen LogP contribution is 2.15. The van der Waals surface area contributed by atoms with Crippen molar-refractivity contribution in [1.82, 2.24) is 5.32 Å². The van der Waals surface area contributed by atoms with Crippen LogP contribution in [0.2, 0.25) is 5.02 Å². The molecule has 0 aliphatic heterocycles. The number of halogens is 1. The normalized spacial score (nSPS) is 12.1. The van der Waals surface area contributed by atoms with Gasteiger partial charge in [0.15, 0.2) is 0 Å². The smallest absolute Gasteiger partial charge is 0.320 e. The van der Waals surface area contributed by atoms with E-state index in [1.165, 1.54) is 0 Å². The summed E-state index contributed by atoms with van der Waals surface area (Å²) < 4.78 is 5.46. The van der Waals surface area contributed by atoms with Crippen LogP contribution >= 0.6 is 11.6 Å². The Morgan fingerprint density at radius 2 is 2.12 bits per heavy atom. The fraction of sp³-hybridized carbons (Fsp3) is 0.417. The number of ether oxygens (including phenoxy) is 1. The Balaban J connectivity index is 2.12. The van der Waals surface area contributed by atoms with Crippen LogP contribution < -0.4 is 10.1 Å². The van der Waals surface area contributed by atoms with Crippen molar-refractivity contribution < 1.29 is 14.6 Å². The van der Waals surface area contributed by atoms with Crippen LogP contribution in [0.4, 0.5) is 0 Å². The molecule has 0 spiro atoms. The maximum atomic E-state index is 10.5. The molecule has 1 atom stereocenters. The van der Waals surface area contributed by atoms with Crippen molar-refractivity contribution in [2.24, 2.45) is 0 Å². The third-order valence-corrected chi connectivity index (χ3v) is 2.48. The molecule has 1 rings (SSSR count). The average Bonchev–Trinajstić information content (AvgIpc) is 2.30. The molecule has 4 nitrogen and oxygen atoms in total. The van der Waals surface area contributed by atoms with E-state index in [4.69, 9.17) is 21.4 Å². The summed E-state index contributed by atoms with van der Waals surface area (Å²) >= 11 is 5.74. The molecule has 17 heavy (non-hydrogen) atoms. The van der Waals surface area contributed by atoms with Crippen LogP contribution in [0.5, 0.6) is 5.75 Å². The maximum Gasteiger partial charge on any atom is 0.320 e. The summed E-state index contributed by atoms with van der Waals surface area (Å²) in [6.45, 7) is 2.77. The molecule has 1 aromatic rings. The molecule has 0 radical (unpaired) electrons. The van der Waals surface area contributed by atoms with Gasteiger partial charge in [0.05, 0.1) is 6.61 Å². The van der Waals surface area contributed by atoms with E-state index in [0.717, 1.165) is 12.2 Å². The summed E-state index contributed by atoms with van der Waals surface area (Å²) in [6.07, 6.45) is 0.750. The van der Waals surface area contributed by atoms with Gasteiger partial charge in [-0.3, -0.25) is 4.79 Å². The number of carboxylic acids is 1. The van der Waals surface area contributed by atoms with Crippen LogP contribution in [0.15, 0.2) is 24.3 Å². The van der Waals surface area contributed by atoms with Gasteiger partial charge in [-0.2, -0.15) is 0 Å². The second-order valence-corrected chi connectivity index (χ2v) is 4.11. The van der Waals surface area contributed by atoms with E-state index in [9.17, 15) is 4.79 Å². The van der Waals surface area contributed by atoms with Crippen LogP contribution in [0.25, 0.3) is 0 Å². The van der Waals surface area contributed by atoms with Gasteiger partial charge in [0.1, 0.15) is 11.8 Å². The molecular formula is C12H16ClNO3. The minimum absolute atomic E-state index is 0.523. The molecule has 5 heteroatoms. The van der Waals surface area contributed by atoms with Gasteiger partial charge in [-0.25, -0.2) is 0 Å². The number of hydrogen-bond donors (Lipinski definition) is 2. The largest absolute Gasteiger partial charge is 0.494 e. The Morgan fingerprint density at radius 3 is 2.71 bits per heavy atom. The van der Waals surface area contributed by atoms with Crippen molar-refractivity contribution in [2.45, 2.75) is 19.4 Å². The second kappa shape index (κ2) is 7.14. The summed E-state index contributed by atoms with van der Waals surface area (Å²) in [5.41, 5.74) is 0. The molecule has 0 saturated heterocycles. The van der Waals surface area contributed by atoms with Gasteiger partial charge in [-0.1, -0.05) is 11.6 Å². The molecule has 0 aliphatic carbocycles. The molecular weight excluding hydrogens is 242 g/mol. The van der Waals surface area contributed by atoms with Crippen molar-refractivity contribution in [2.75, 3.05) is 13.2 Å². The summed E-state index contributed by atoms with van der Waals surface area (Å²) in [7, 11) is 0. The summed E-state index contributed by atoms with van der Waals surface area (Å²) in [5.74, 6) is -0.0793. The highest BCUT2D eigenvalue weighted by molar-refractivity contribution is 6.30. The third-order valence-electron chi connectivity index (χ3n) is 2.22. The van der Waals surface area contributed by atoms with Crippen LogP contribution in [0.3, 0.4) is 0 Å². The van der Waals surface area contributed by atoms with Crippen LogP contribution in [-0.2, 0) is 4.79 Å². The van der Waals surface area contributed by atoms with Crippen molar-refractivity contribution >= 4 is 17.6 Å². The fourth-order valence-corrected chi connectivity index (χ4v) is 1.32. The zero-order valence-electron chi connectivity index (χ0n) is 9.65. The first kappa shape index (κ1) is 13.8. The molecule has 0 aliphatic rings. The summed E-state index contributed by atoms with van der Waals surface area (Å²) in [6, 6.07) is 6.61. The standard InChI is InChI=1S/C12H16ClNO3/c1-9(12(15)16)14-7-2-8-17-11-5-3-10(13)4-6-11/h3-6,9,14H,2,7-8H2,1H3,(H,15,16). The van der Waals surface area contributed by atoms with Crippen molar-refractivity contribution in [3.05, 3.63) is 29.3 Å². The fourth-order valence-electron chi connectivity index (χ4n) is 1.20. The van der Waals surface area contributed by atoms with E-state index >= 15 is 0 Å². The predicted octanol–water partition coefficient (Wildman–Crippen LogP) is 2.17. The number of aliphatic carboxylic acids is 1. The summed E-state index contributed by atoms with van der Waals surface area (Å²) in [4.78, 5) is 10.5. The van der Waals surface area contributed by atoms with Gasteiger partial charge < -0.3 is 15.2 Å². The quantitative estimate of drug-likeness (QED) is 0.735. The lowest BCUT2D eigenvalue weighted by molar-refractivity contribution is -0.139. The van der Waals surface area contributed by atoms with Crippen LogP contribution in [-0.4, -0.2) is 30.3 Å². The van der Waals surface area contributed by atoms with Gasteiger partial charge >= 0.3 is 5.97 Å². The first-order valence-electron chi connectivity index (χ1n) is 5.44. The first-order valence-corrected chi connectivity index (χ1v) is 5.82. The van der Waals surface area contributed by atoms with Crippen molar-refractivity contribution in [1.29, 1.82) is 0 Å². The highest BCUT2D eigenvalue weighted by atomic mass is 35.5. The average molecular weight is 258 g/mol. The minimum Gasteiger partial charge on any atom is -0.494 e. The number of carbonyl (C=O) groups is 1.